The molecule has 2 aromatic rings. The van der Waals surface area contributed by atoms with Crippen LogP contribution in [0.4, 0.5) is 0 Å². The fraction of sp³-hybridized carbons (Fsp3) is 0.0833. The van der Waals surface area contributed by atoms with Gasteiger partial charge in [0.25, 0.3) is 0 Å². The van der Waals surface area contributed by atoms with Crippen molar-refractivity contribution in [2.24, 2.45) is 0 Å². The van der Waals surface area contributed by atoms with E-state index in [0.29, 0.717) is 5.16 Å². The molecule has 0 saturated heterocycles. The van der Waals surface area contributed by atoms with E-state index in [2.05, 4.69) is 9.97 Å². The molecule has 0 radical (unpaired) electrons. The third-order valence-electron chi connectivity index (χ3n) is 2.09. The first-order valence-corrected chi connectivity index (χ1v) is 5.87. The summed E-state index contributed by atoms with van der Waals surface area (Å²) in [5.74, 6) is -0.895. The Hall–Kier alpha value is -1.88. The van der Waals surface area contributed by atoms with Crippen LogP contribution in [-0.4, -0.2) is 21.0 Å². The molecule has 0 bridgehead atoms. The topological polar surface area (TPSA) is 63.1 Å². The van der Waals surface area contributed by atoms with Gasteiger partial charge in [0.15, 0.2) is 5.16 Å². The average Bonchev–Trinajstić information content (AvgIpc) is 2.38. The number of hydrogen-bond donors (Lipinski definition) is 1. The summed E-state index contributed by atoms with van der Waals surface area (Å²) in [5.41, 5.74) is 0.734. The highest BCUT2D eigenvalue weighted by Gasteiger charge is 2.21. The van der Waals surface area contributed by atoms with Crippen molar-refractivity contribution in [3.8, 4) is 0 Å². The van der Waals surface area contributed by atoms with Crippen LogP contribution in [0.25, 0.3) is 0 Å². The Bertz CT molecular complexity index is 490. The average molecular weight is 246 g/mol. The molecule has 0 fully saturated rings. The molecule has 1 N–H and O–H groups in total. The highest BCUT2D eigenvalue weighted by molar-refractivity contribution is 8.00. The number of aromatic nitrogens is 2. The Labute approximate surface area is 103 Å². The Balaban J connectivity index is 2.23. The summed E-state index contributed by atoms with van der Waals surface area (Å²) < 4.78 is 0. The SMILES string of the molecule is O=C(O)C(Sc1ncccn1)c1ccccc1. The van der Waals surface area contributed by atoms with Gasteiger partial charge in [0.1, 0.15) is 5.25 Å². The summed E-state index contributed by atoms with van der Waals surface area (Å²) in [7, 11) is 0. The van der Waals surface area contributed by atoms with E-state index in [-0.39, 0.29) is 0 Å². The second-order valence-corrected chi connectivity index (χ2v) is 4.35. The summed E-state index contributed by atoms with van der Waals surface area (Å²) in [6.45, 7) is 0. The lowest BCUT2D eigenvalue weighted by Gasteiger charge is -2.10. The third-order valence-corrected chi connectivity index (χ3v) is 3.22. The Morgan fingerprint density at radius 2 is 1.76 bits per heavy atom. The Kier molecular flexibility index (Phi) is 3.72. The lowest BCUT2D eigenvalue weighted by Crippen LogP contribution is -2.08. The molecule has 4 nitrogen and oxygen atoms in total. The van der Waals surface area contributed by atoms with Crippen LogP contribution < -0.4 is 0 Å². The minimum Gasteiger partial charge on any atom is -0.480 e. The van der Waals surface area contributed by atoms with E-state index in [0.717, 1.165) is 17.3 Å². The molecule has 0 saturated carbocycles. The van der Waals surface area contributed by atoms with Crippen molar-refractivity contribution in [1.29, 1.82) is 0 Å². The number of nitrogens with zero attached hydrogens (tertiary/aromatic N) is 2. The number of carboxylic acids is 1. The van der Waals surface area contributed by atoms with Gasteiger partial charge in [-0.05, 0) is 11.6 Å². The zero-order valence-corrected chi connectivity index (χ0v) is 9.67. The fourth-order valence-corrected chi connectivity index (χ4v) is 2.19. The maximum atomic E-state index is 11.2. The number of rotatable bonds is 4. The van der Waals surface area contributed by atoms with Crippen molar-refractivity contribution in [2.75, 3.05) is 0 Å². The standard InChI is InChI=1S/C12H10N2O2S/c15-11(16)10(9-5-2-1-3-6-9)17-12-13-7-4-8-14-12/h1-8,10H,(H,15,16). The van der Waals surface area contributed by atoms with Gasteiger partial charge in [-0.2, -0.15) is 0 Å². The number of carboxylic acid groups (broad SMARTS) is 1. The molecule has 1 unspecified atom stereocenters. The zero-order chi connectivity index (χ0) is 12.1. The molecule has 0 aliphatic heterocycles. The van der Waals surface area contributed by atoms with Crippen LogP contribution in [0.3, 0.4) is 0 Å². The Morgan fingerprint density at radius 1 is 1.12 bits per heavy atom. The van der Waals surface area contributed by atoms with Crippen LogP contribution in [0.1, 0.15) is 10.8 Å². The predicted molar refractivity (Wildman–Crippen MR) is 64.7 cm³/mol. The minimum atomic E-state index is -0.895. The Morgan fingerprint density at radius 3 is 2.35 bits per heavy atom. The van der Waals surface area contributed by atoms with Crippen molar-refractivity contribution < 1.29 is 9.90 Å². The monoisotopic (exact) mass is 246 g/mol. The molecule has 17 heavy (non-hydrogen) atoms. The van der Waals surface area contributed by atoms with Gasteiger partial charge in [0.05, 0.1) is 0 Å². The van der Waals surface area contributed by atoms with Crippen molar-refractivity contribution >= 4 is 17.7 Å². The van der Waals surface area contributed by atoms with Gasteiger partial charge in [-0.25, -0.2) is 9.97 Å². The molecular weight excluding hydrogens is 236 g/mol. The maximum Gasteiger partial charge on any atom is 0.321 e. The van der Waals surface area contributed by atoms with Crippen molar-refractivity contribution in [1.82, 2.24) is 9.97 Å². The van der Waals surface area contributed by atoms with Gasteiger partial charge in [-0.3, -0.25) is 4.79 Å². The fourth-order valence-electron chi connectivity index (χ4n) is 1.34. The van der Waals surface area contributed by atoms with Gasteiger partial charge in [0.2, 0.25) is 0 Å². The summed E-state index contributed by atoms with van der Waals surface area (Å²) in [4.78, 5) is 19.3. The van der Waals surface area contributed by atoms with Crippen LogP contribution in [0.15, 0.2) is 53.9 Å². The molecule has 1 aromatic carbocycles. The first-order valence-electron chi connectivity index (χ1n) is 4.99. The molecular formula is C12H10N2O2S. The van der Waals surface area contributed by atoms with E-state index in [1.807, 2.05) is 18.2 Å². The van der Waals surface area contributed by atoms with Crippen molar-refractivity contribution in [3.05, 3.63) is 54.4 Å². The van der Waals surface area contributed by atoms with Crippen LogP contribution in [0, 0.1) is 0 Å². The van der Waals surface area contributed by atoms with E-state index in [9.17, 15) is 9.90 Å². The first-order chi connectivity index (χ1) is 8.27. The van der Waals surface area contributed by atoms with E-state index < -0.39 is 11.2 Å². The van der Waals surface area contributed by atoms with Crippen molar-refractivity contribution in [2.45, 2.75) is 10.4 Å². The van der Waals surface area contributed by atoms with Gasteiger partial charge in [-0.15, -0.1) is 0 Å². The molecule has 1 heterocycles. The number of hydrogen-bond acceptors (Lipinski definition) is 4. The molecule has 0 aliphatic carbocycles. The summed E-state index contributed by atoms with van der Waals surface area (Å²) >= 11 is 1.13. The quantitative estimate of drug-likeness (QED) is 0.663. The summed E-state index contributed by atoms with van der Waals surface area (Å²) in [5, 5.41) is 8.99. The molecule has 0 amide bonds. The molecule has 86 valence electrons. The maximum absolute atomic E-state index is 11.2. The van der Waals surface area contributed by atoms with E-state index in [1.54, 1.807) is 30.6 Å². The molecule has 1 atom stereocenters. The van der Waals surface area contributed by atoms with Crippen LogP contribution in [0.2, 0.25) is 0 Å². The van der Waals surface area contributed by atoms with Crippen LogP contribution in [0.5, 0.6) is 0 Å². The van der Waals surface area contributed by atoms with Crippen molar-refractivity contribution in [3.63, 3.8) is 0 Å². The minimum absolute atomic E-state index is 0.462. The number of benzene rings is 1. The number of aliphatic carboxylic acids is 1. The second-order valence-electron chi connectivity index (χ2n) is 3.28. The first kappa shape index (κ1) is 11.6. The highest BCUT2D eigenvalue weighted by Crippen LogP contribution is 2.32. The lowest BCUT2D eigenvalue weighted by molar-refractivity contribution is -0.136. The van der Waals surface area contributed by atoms with Crippen LogP contribution >= 0.6 is 11.8 Å². The largest absolute Gasteiger partial charge is 0.480 e. The molecule has 2 rings (SSSR count). The normalized spacial score (nSPS) is 12.0. The van der Waals surface area contributed by atoms with Gasteiger partial charge in [-0.1, -0.05) is 42.1 Å². The van der Waals surface area contributed by atoms with E-state index in [4.69, 9.17) is 0 Å². The second kappa shape index (κ2) is 5.45. The number of thioether (sulfide) groups is 1. The molecule has 0 spiro atoms. The molecule has 1 aromatic heterocycles. The zero-order valence-electron chi connectivity index (χ0n) is 8.85. The highest BCUT2D eigenvalue weighted by atomic mass is 32.2. The van der Waals surface area contributed by atoms with E-state index in [1.165, 1.54) is 0 Å². The smallest absolute Gasteiger partial charge is 0.321 e. The van der Waals surface area contributed by atoms with Gasteiger partial charge < -0.3 is 5.11 Å². The lowest BCUT2D eigenvalue weighted by atomic mass is 10.1. The summed E-state index contributed by atoms with van der Waals surface area (Å²) in [6.07, 6.45) is 3.19. The van der Waals surface area contributed by atoms with Crippen LogP contribution in [-0.2, 0) is 4.79 Å². The van der Waals surface area contributed by atoms with E-state index >= 15 is 0 Å². The molecule has 5 heteroatoms. The summed E-state index contributed by atoms with van der Waals surface area (Å²) in [6, 6.07) is 10.8. The van der Waals surface area contributed by atoms with Gasteiger partial charge >= 0.3 is 5.97 Å². The number of carbonyl (C=O) groups is 1. The third kappa shape index (κ3) is 3.04. The molecule has 0 aliphatic rings. The predicted octanol–water partition coefficient (Wildman–Crippen LogP) is 2.39. The van der Waals surface area contributed by atoms with Gasteiger partial charge in [0, 0.05) is 12.4 Å².